The molecule has 0 saturated heterocycles. The van der Waals surface area contributed by atoms with Gasteiger partial charge in [-0.05, 0) is 12.5 Å². The van der Waals surface area contributed by atoms with Crippen LogP contribution in [-0.2, 0) is 11.8 Å². The second-order valence-electron chi connectivity index (χ2n) is 3.90. The number of hydrogen-bond donors (Lipinski definition) is 3. The lowest BCUT2D eigenvalue weighted by Crippen LogP contribution is -2.39. The zero-order valence-corrected chi connectivity index (χ0v) is 10.1. The molecular formula is C11H19N3O3. The summed E-state index contributed by atoms with van der Waals surface area (Å²) in [6, 6.07) is 1.29. The number of nitrogens with zero attached hydrogens (tertiary/aromatic N) is 1. The zero-order chi connectivity index (χ0) is 12.8. The maximum Gasteiger partial charge on any atom is 0.268 e. The van der Waals surface area contributed by atoms with Gasteiger partial charge in [-0.1, -0.05) is 0 Å². The van der Waals surface area contributed by atoms with Gasteiger partial charge in [0.05, 0.1) is 18.3 Å². The van der Waals surface area contributed by atoms with E-state index in [1.54, 1.807) is 31.0 Å². The van der Waals surface area contributed by atoms with Crippen molar-refractivity contribution < 1.29 is 14.6 Å². The predicted octanol–water partition coefficient (Wildman–Crippen LogP) is -0.265. The highest BCUT2D eigenvalue weighted by atomic mass is 16.5. The smallest absolute Gasteiger partial charge is 0.268 e. The summed E-state index contributed by atoms with van der Waals surface area (Å²) in [5, 5.41) is 11.8. The molecule has 1 aromatic heterocycles. The van der Waals surface area contributed by atoms with E-state index in [2.05, 4.69) is 5.32 Å². The first-order valence-electron chi connectivity index (χ1n) is 5.41. The maximum absolute atomic E-state index is 11.9. The molecule has 0 aliphatic rings. The standard InChI is InChI=1S/C11H19N3O3/c1-14-6-8(12)5-10(14)11(16)13-9(7-15)3-4-17-2/h5-6,9,15H,3-4,7,12H2,1-2H3,(H,13,16). The van der Waals surface area contributed by atoms with E-state index >= 15 is 0 Å². The van der Waals surface area contributed by atoms with E-state index < -0.39 is 0 Å². The summed E-state index contributed by atoms with van der Waals surface area (Å²) in [6.07, 6.45) is 2.23. The average Bonchev–Trinajstić information content (AvgIpc) is 2.63. The Balaban J connectivity index is 2.61. The molecular weight excluding hydrogens is 222 g/mol. The van der Waals surface area contributed by atoms with E-state index in [0.29, 0.717) is 24.4 Å². The molecule has 0 aliphatic carbocycles. The Kier molecular flexibility index (Phi) is 4.99. The van der Waals surface area contributed by atoms with Gasteiger partial charge in [0.1, 0.15) is 5.69 Å². The number of carbonyl (C=O) groups is 1. The van der Waals surface area contributed by atoms with Gasteiger partial charge in [0.25, 0.3) is 5.91 Å². The highest BCUT2D eigenvalue weighted by molar-refractivity contribution is 5.93. The predicted molar refractivity (Wildman–Crippen MR) is 64.7 cm³/mol. The lowest BCUT2D eigenvalue weighted by molar-refractivity contribution is 0.0886. The third kappa shape index (κ3) is 3.76. The molecule has 0 fully saturated rings. The molecule has 0 radical (unpaired) electrons. The lowest BCUT2D eigenvalue weighted by Gasteiger charge is -2.15. The number of nitrogens with two attached hydrogens (primary N) is 1. The molecule has 1 amide bonds. The molecule has 1 rings (SSSR count). The first kappa shape index (κ1) is 13.5. The minimum absolute atomic E-state index is 0.116. The maximum atomic E-state index is 11.9. The third-order valence-electron chi connectivity index (χ3n) is 2.48. The first-order valence-corrected chi connectivity index (χ1v) is 5.41. The van der Waals surface area contributed by atoms with Gasteiger partial charge in [-0.25, -0.2) is 0 Å². The van der Waals surface area contributed by atoms with Crippen molar-refractivity contribution in [3.05, 3.63) is 18.0 Å². The number of carbonyl (C=O) groups excluding carboxylic acids is 1. The number of aromatic nitrogens is 1. The van der Waals surface area contributed by atoms with Crippen LogP contribution in [0.3, 0.4) is 0 Å². The molecule has 1 unspecified atom stereocenters. The molecule has 1 heterocycles. The van der Waals surface area contributed by atoms with Crippen molar-refractivity contribution in [2.75, 3.05) is 26.1 Å². The number of amides is 1. The van der Waals surface area contributed by atoms with Crippen LogP contribution in [0.25, 0.3) is 0 Å². The van der Waals surface area contributed by atoms with E-state index in [-0.39, 0.29) is 18.6 Å². The number of nitrogen functional groups attached to an aromatic ring is 1. The number of aryl methyl sites for hydroxylation is 1. The zero-order valence-electron chi connectivity index (χ0n) is 10.1. The molecule has 6 heteroatoms. The summed E-state index contributed by atoms with van der Waals surface area (Å²) in [5.41, 5.74) is 6.60. The van der Waals surface area contributed by atoms with Crippen molar-refractivity contribution in [3.8, 4) is 0 Å². The van der Waals surface area contributed by atoms with Crippen LogP contribution in [-0.4, -0.2) is 41.9 Å². The monoisotopic (exact) mass is 241 g/mol. The Morgan fingerprint density at radius 3 is 2.88 bits per heavy atom. The van der Waals surface area contributed by atoms with Crippen molar-refractivity contribution in [2.24, 2.45) is 7.05 Å². The van der Waals surface area contributed by atoms with Crippen molar-refractivity contribution >= 4 is 11.6 Å². The number of anilines is 1. The van der Waals surface area contributed by atoms with Crippen LogP contribution >= 0.6 is 0 Å². The molecule has 0 aliphatic heterocycles. The summed E-state index contributed by atoms with van der Waals surface area (Å²) in [5.74, 6) is -0.251. The number of methoxy groups -OCH3 is 1. The molecule has 6 nitrogen and oxygen atoms in total. The number of aliphatic hydroxyl groups excluding tert-OH is 1. The van der Waals surface area contributed by atoms with Crippen molar-refractivity contribution in [1.82, 2.24) is 9.88 Å². The molecule has 1 aromatic rings. The molecule has 0 saturated carbocycles. The van der Waals surface area contributed by atoms with Gasteiger partial charge < -0.3 is 25.5 Å². The summed E-state index contributed by atoms with van der Waals surface area (Å²) in [6.45, 7) is 0.371. The fourth-order valence-corrected chi connectivity index (χ4v) is 1.54. The normalized spacial score (nSPS) is 12.4. The Labute approximate surface area is 100 Å². The number of aliphatic hydroxyl groups is 1. The largest absolute Gasteiger partial charge is 0.397 e. The highest BCUT2D eigenvalue weighted by Gasteiger charge is 2.15. The van der Waals surface area contributed by atoms with Crippen LogP contribution in [0.5, 0.6) is 0 Å². The van der Waals surface area contributed by atoms with E-state index in [9.17, 15) is 4.79 Å². The fourth-order valence-electron chi connectivity index (χ4n) is 1.54. The number of hydrogen-bond acceptors (Lipinski definition) is 4. The Hall–Kier alpha value is -1.53. The number of nitrogens with one attached hydrogen (secondary N) is 1. The van der Waals surface area contributed by atoms with Gasteiger partial charge >= 0.3 is 0 Å². The third-order valence-corrected chi connectivity index (χ3v) is 2.48. The van der Waals surface area contributed by atoms with Crippen LogP contribution in [0.4, 0.5) is 5.69 Å². The second-order valence-corrected chi connectivity index (χ2v) is 3.90. The number of ether oxygens (including phenoxy) is 1. The molecule has 4 N–H and O–H groups in total. The summed E-state index contributed by atoms with van der Waals surface area (Å²) < 4.78 is 6.55. The summed E-state index contributed by atoms with van der Waals surface area (Å²) >= 11 is 0. The molecule has 0 bridgehead atoms. The minimum atomic E-state index is -0.307. The topological polar surface area (TPSA) is 89.5 Å². The van der Waals surface area contributed by atoms with Gasteiger partial charge in [0.15, 0.2) is 0 Å². The van der Waals surface area contributed by atoms with Gasteiger partial charge in [0.2, 0.25) is 0 Å². The van der Waals surface area contributed by atoms with Crippen LogP contribution < -0.4 is 11.1 Å². The molecule has 0 aromatic carbocycles. The summed E-state index contributed by atoms with van der Waals surface area (Å²) in [7, 11) is 3.32. The Morgan fingerprint density at radius 1 is 1.71 bits per heavy atom. The molecule has 96 valence electrons. The van der Waals surface area contributed by atoms with E-state index in [0.717, 1.165) is 0 Å². The van der Waals surface area contributed by atoms with Crippen LogP contribution in [0, 0.1) is 0 Å². The molecule has 0 spiro atoms. The minimum Gasteiger partial charge on any atom is -0.397 e. The van der Waals surface area contributed by atoms with Gasteiger partial charge in [-0.2, -0.15) is 0 Å². The van der Waals surface area contributed by atoms with Crippen LogP contribution in [0.15, 0.2) is 12.3 Å². The van der Waals surface area contributed by atoms with Gasteiger partial charge in [0, 0.05) is 27.0 Å². The first-order chi connectivity index (χ1) is 8.08. The van der Waals surface area contributed by atoms with Gasteiger partial charge in [-0.15, -0.1) is 0 Å². The summed E-state index contributed by atoms with van der Waals surface area (Å²) in [4.78, 5) is 11.9. The van der Waals surface area contributed by atoms with E-state index in [4.69, 9.17) is 15.6 Å². The van der Waals surface area contributed by atoms with Crippen molar-refractivity contribution in [2.45, 2.75) is 12.5 Å². The second kappa shape index (κ2) is 6.27. The molecule has 17 heavy (non-hydrogen) atoms. The van der Waals surface area contributed by atoms with E-state index in [1.165, 1.54) is 0 Å². The van der Waals surface area contributed by atoms with Gasteiger partial charge in [-0.3, -0.25) is 4.79 Å². The average molecular weight is 241 g/mol. The fraction of sp³-hybridized carbons (Fsp3) is 0.545. The van der Waals surface area contributed by atoms with E-state index in [1.807, 2.05) is 0 Å². The SMILES string of the molecule is COCCC(CO)NC(=O)c1cc(N)cn1C. The quantitative estimate of drug-likeness (QED) is 0.640. The lowest BCUT2D eigenvalue weighted by atomic mass is 10.2. The highest BCUT2D eigenvalue weighted by Crippen LogP contribution is 2.08. The Bertz CT molecular complexity index is 376. The van der Waals surface area contributed by atoms with Crippen molar-refractivity contribution in [3.63, 3.8) is 0 Å². The Morgan fingerprint density at radius 2 is 2.41 bits per heavy atom. The van der Waals surface area contributed by atoms with Crippen LogP contribution in [0.1, 0.15) is 16.9 Å². The number of rotatable bonds is 6. The molecule has 1 atom stereocenters. The van der Waals surface area contributed by atoms with Crippen molar-refractivity contribution in [1.29, 1.82) is 0 Å². The van der Waals surface area contributed by atoms with Crippen LogP contribution in [0.2, 0.25) is 0 Å².